The Kier molecular flexibility index (Phi) is 3.77. The van der Waals surface area contributed by atoms with Gasteiger partial charge in [0, 0.05) is 17.1 Å². The largest absolute Gasteiger partial charge is 0.478 e. The Hall–Kier alpha value is -0.791. The average molecular weight is 186 g/mol. The smallest absolute Gasteiger partial charge is 0.335 e. The molecule has 0 heterocycles. The molecule has 2 nitrogen and oxygen atoms in total. The van der Waals surface area contributed by atoms with E-state index in [1.54, 1.807) is 30.3 Å². The van der Waals surface area contributed by atoms with Crippen LogP contribution in [0.5, 0.6) is 0 Å². The van der Waals surface area contributed by atoms with Crippen molar-refractivity contribution in [3.8, 4) is 0 Å². The number of benzene rings is 1. The zero-order valence-corrected chi connectivity index (χ0v) is 5.99. The molecule has 0 aliphatic carbocycles. The predicted molar refractivity (Wildman–Crippen MR) is 33.4 cm³/mol. The maximum atomic E-state index is 10.2. The zero-order valence-electron chi connectivity index (χ0n) is 5.04. The van der Waals surface area contributed by atoms with Crippen molar-refractivity contribution in [1.29, 1.82) is 0 Å². The SMILES string of the molecule is O=C(O)c1ccccc1.[Cu]. The molecular formula is C7H6CuO2. The van der Waals surface area contributed by atoms with E-state index in [1.807, 2.05) is 0 Å². The molecule has 0 atom stereocenters. The zero-order chi connectivity index (χ0) is 6.69. The van der Waals surface area contributed by atoms with Gasteiger partial charge in [-0.2, -0.15) is 0 Å². The molecule has 1 aromatic rings. The summed E-state index contributed by atoms with van der Waals surface area (Å²) >= 11 is 0. The van der Waals surface area contributed by atoms with Crippen LogP contribution in [0, 0.1) is 0 Å². The van der Waals surface area contributed by atoms with Crippen LogP contribution < -0.4 is 0 Å². The van der Waals surface area contributed by atoms with E-state index in [1.165, 1.54) is 0 Å². The summed E-state index contributed by atoms with van der Waals surface area (Å²) in [7, 11) is 0. The van der Waals surface area contributed by atoms with Gasteiger partial charge in [-0.05, 0) is 12.1 Å². The Morgan fingerprint density at radius 1 is 1.20 bits per heavy atom. The molecule has 1 aromatic carbocycles. The normalized spacial score (nSPS) is 8.00. The Labute approximate surface area is 69.3 Å². The third kappa shape index (κ3) is 2.21. The van der Waals surface area contributed by atoms with Gasteiger partial charge in [0.2, 0.25) is 0 Å². The van der Waals surface area contributed by atoms with Gasteiger partial charge in [-0.25, -0.2) is 4.79 Å². The van der Waals surface area contributed by atoms with Gasteiger partial charge in [0.15, 0.2) is 0 Å². The van der Waals surface area contributed by atoms with E-state index in [9.17, 15) is 4.79 Å². The molecule has 1 rings (SSSR count). The molecule has 57 valence electrons. The maximum Gasteiger partial charge on any atom is 0.335 e. The Morgan fingerprint density at radius 2 is 1.70 bits per heavy atom. The van der Waals surface area contributed by atoms with Gasteiger partial charge in [-0.15, -0.1) is 0 Å². The van der Waals surface area contributed by atoms with E-state index in [2.05, 4.69) is 0 Å². The van der Waals surface area contributed by atoms with Crippen LogP contribution in [0.4, 0.5) is 0 Å². The van der Waals surface area contributed by atoms with Gasteiger partial charge in [0.1, 0.15) is 0 Å². The summed E-state index contributed by atoms with van der Waals surface area (Å²) in [5.74, 6) is -0.879. The van der Waals surface area contributed by atoms with E-state index in [4.69, 9.17) is 5.11 Å². The molecule has 0 bridgehead atoms. The number of rotatable bonds is 1. The molecule has 0 saturated heterocycles. The van der Waals surface area contributed by atoms with E-state index in [0.717, 1.165) is 0 Å². The van der Waals surface area contributed by atoms with Crippen molar-refractivity contribution in [3.63, 3.8) is 0 Å². The number of aromatic carboxylic acids is 1. The monoisotopic (exact) mass is 185 g/mol. The van der Waals surface area contributed by atoms with Gasteiger partial charge >= 0.3 is 5.97 Å². The molecule has 1 N–H and O–H groups in total. The molecule has 10 heavy (non-hydrogen) atoms. The Bertz CT molecular complexity index is 208. The quantitative estimate of drug-likeness (QED) is 0.672. The second-order valence-corrected chi connectivity index (χ2v) is 1.67. The minimum absolute atomic E-state index is 0. The summed E-state index contributed by atoms with van der Waals surface area (Å²) in [6, 6.07) is 8.30. The van der Waals surface area contributed by atoms with Crippen LogP contribution in [-0.2, 0) is 17.1 Å². The van der Waals surface area contributed by atoms with E-state index < -0.39 is 5.97 Å². The summed E-state index contributed by atoms with van der Waals surface area (Å²) in [6.45, 7) is 0. The first-order valence-corrected chi connectivity index (χ1v) is 2.59. The van der Waals surface area contributed by atoms with E-state index >= 15 is 0 Å². The van der Waals surface area contributed by atoms with Crippen molar-refractivity contribution in [2.75, 3.05) is 0 Å². The summed E-state index contributed by atoms with van der Waals surface area (Å²) in [6.07, 6.45) is 0. The average Bonchev–Trinajstić information content (AvgIpc) is 1.90. The summed E-state index contributed by atoms with van der Waals surface area (Å²) in [5, 5.41) is 8.38. The fourth-order valence-electron chi connectivity index (χ4n) is 0.581. The van der Waals surface area contributed by atoms with Crippen LogP contribution >= 0.6 is 0 Å². The molecule has 0 aromatic heterocycles. The first-order valence-electron chi connectivity index (χ1n) is 2.59. The van der Waals surface area contributed by atoms with Crippen molar-refractivity contribution in [3.05, 3.63) is 35.9 Å². The molecular weight excluding hydrogens is 180 g/mol. The molecule has 0 fully saturated rings. The standard InChI is InChI=1S/C7H6O2.Cu/c8-7(9)6-4-2-1-3-5-6;/h1-5H,(H,8,9);. The molecule has 0 unspecified atom stereocenters. The maximum absolute atomic E-state index is 10.2. The van der Waals surface area contributed by atoms with E-state index in [-0.39, 0.29) is 17.1 Å². The first-order chi connectivity index (χ1) is 4.30. The molecule has 0 saturated carbocycles. The van der Waals surface area contributed by atoms with Gasteiger partial charge in [0.25, 0.3) is 0 Å². The second kappa shape index (κ2) is 4.09. The van der Waals surface area contributed by atoms with Crippen LogP contribution in [0.2, 0.25) is 0 Å². The van der Waals surface area contributed by atoms with Gasteiger partial charge in [-0.1, -0.05) is 18.2 Å². The third-order valence-corrected chi connectivity index (χ3v) is 1.02. The number of carbonyl (C=O) groups is 1. The van der Waals surface area contributed by atoms with Gasteiger partial charge < -0.3 is 5.11 Å². The Morgan fingerprint density at radius 3 is 2.00 bits per heavy atom. The first kappa shape index (κ1) is 9.21. The van der Waals surface area contributed by atoms with Crippen LogP contribution in [0.1, 0.15) is 10.4 Å². The molecule has 0 amide bonds. The molecule has 0 aliphatic heterocycles. The topological polar surface area (TPSA) is 37.3 Å². The third-order valence-electron chi connectivity index (χ3n) is 1.02. The van der Waals surface area contributed by atoms with Crippen LogP contribution in [-0.4, -0.2) is 11.1 Å². The fourth-order valence-corrected chi connectivity index (χ4v) is 0.581. The van der Waals surface area contributed by atoms with Crippen molar-refractivity contribution in [2.45, 2.75) is 0 Å². The summed E-state index contributed by atoms with van der Waals surface area (Å²) < 4.78 is 0. The van der Waals surface area contributed by atoms with Crippen molar-refractivity contribution in [1.82, 2.24) is 0 Å². The fraction of sp³-hybridized carbons (Fsp3) is 0. The van der Waals surface area contributed by atoms with Crippen LogP contribution in [0.25, 0.3) is 0 Å². The minimum Gasteiger partial charge on any atom is -0.478 e. The van der Waals surface area contributed by atoms with Crippen molar-refractivity contribution in [2.24, 2.45) is 0 Å². The number of hydrogen-bond acceptors (Lipinski definition) is 1. The van der Waals surface area contributed by atoms with Crippen molar-refractivity contribution < 1.29 is 27.0 Å². The second-order valence-electron chi connectivity index (χ2n) is 1.67. The predicted octanol–water partition coefficient (Wildman–Crippen LogP) is 1.38. The van der Waals surface area contributed by atoms with Crippen LogP contribution in [0.3, 0.4) is 0 Å². The number of carboxylic acids is 1. The molecule has 1 radical (unpaired) electrons. The Balaban J connectivity index is 0.000000810. The molecule has 3 heteroatoms. The molecule has 0 spiro atoms. The number of carboxylic acid groups (broad SMARTS) is 1. The summed E-state index contributed by atoms with van der Waals surface area (Å²) in [5.41, 5.74) is 0.331. The van der Waals surface area contributed by atoms with Gasteiger partial charge in [-0.3, -0.25) is 0 Å². The minimum atomic E-state index is -0.879. The number of hydrogen-bond donors (Lipinski definition) is 1. The summed E-state index contributed by atoms with van der Waals surface area (Å²) in [4.78, 5) is 10.2. The van der Waals surface area contributed by atoms with Crippen LogP contribution in [0.15, 0.2) is 30.3 Å². The molecule has 0 aliphatic rings. The van der Waals surface area contributed by atoms with E-state index in [0.29, 0.717) is 5.56 Å². The van der Waals surface area contributed by atoms with Gasteiger partial charge in [0.05, 0.1) is 5.56 Å². The van der Waals surface area contributed by atoms with Crippen molar-refractivity contribution >= 4 is 5.97 Å².